The highest BCUT2D eigenvalue weighted by Gasteiger charge is 2.41. The van der Waals surface area contributed by atoms with Crippen molar-refractivity contribution in [1.82, 2.24) is 10.2 Å². The fraction of sp³-hybridized carbons (Fsp3) is 0.750. The van der Waals surface area contributed by atoms with Crippen molar-refractivity contribution in [3.8, 4) is 0 Å². The monoisotopic (exact) mass is 430 g/mol. The van der Waals surface area contributed by atoms with E-state index in [9.17, 15) is 24.0 Å². The SMILES string of the molecule is CCN(CC)C(=O)C(NC(=O)C(C)C)C(C)(C)SC(=O)CC(=O)C(=O)OC(C)C. The lowest BCUT2D eigenvalue weighted by molar-refractivity contribution is -0.157. The standard InChI is InChI=1S/C20H34N2O6S/c1-9-22(10-2)18(26)16(21-17(25)12(3)4)20(7,8)29-15(24)11-14(23)19(27)28-13(5)6/h12-13,16H,9-11H2,1-8H3,(H,21,25). The van der Waals surface area contributed by atoms with Gasteiger partial charge in [-0.3, -0.25) is 19.2 Å². The van der Waals surface area contributed by atoms with Crippen LogP contribution in [-0.2, 0) is 28.7 Å². The van der Waals surface area contributed by atoms with E-state index < -0.39 is 40.2 Å². The van der Waals surface area contributed by atoms with Crippen LogP contribution in [0.2, 0.25) is 0 Å². The van der Waals surface area contributed by atoms with Crippen molar-refractivity contribution >= 4 is 40.4 Å². The highest BCUT2D eigenvalue weighted by atomic mass is 32.2. The summed E-state index contributed by atoms with van der Waals surface area (Å²) in [6.45, 7) is 14.5. The predicted octanol–water partition coefficient (Wildman–Crippen LogP) is 1.94. The van der Waals surface area contributed by atoms with E-state index in [0.717, 1.165) is 11.8 Å². The van der Waals surface area contributed by atoms with E-state index >= 15 is 0 Å². The van der Waals surface area contributed by atoms with Gasteiger partial charge < -0.3 is 15.0 Å². The zero-order chi connectivity index (χ0) is 22.9. The van der Waals surface area contributed by atoms with Crippen LogP contribution in [0.4, 0.5) is 0 Å². The number of nitrogens with zero attached hydrogens (tertiary/aromatic N) is 1. The molecule has 0 aromatic rings. The second kappa shape index (κ2) is 11.9. The van der Waals surface area contributed by atoms with Gasteiger partial charge in [0, 0.05) is 23.8 Å². The van der Waals surface area contributed by atoms with Crippen molar-refractivity contribution < 1.29 is 28.7 Å². The Kier molecular flexibility index (Phi) is 11.2. The van der Waals surface area contributed by atoms with Gasteiger partial charge in [-0.05, 0) is 41.5 Å². The predicted molar refractivity (Wildman–Crippen MR) is 112 cm³/mol. The van der Waals surface area contributed by atoms with Gasteiger partial charge in [-0.15, -0.1) is 0 Å². The first-order chi connectivity index (χ1) is 13.3. The van der Waals surface area contributed by atoms with Crippen LogP contribution in [0, 0.1) is 5.92 Å². The van der Waals surface area contributed by atoms with Crippen molar-refractivity contribution in [3.63, 3.8) is 0 Å². The van der Waals surface area contributed by atoms with E-state index in [1.54, 1.807) is 46.4 Å². The quantitative estimate of drug-likeness (QED) is 0.303. The van der Waals surface area contributed by atoms with Crippen LogP contribution in [0.5, 0.6) is 0 Å². The molecule has 0 aromatic carbocycles. The lowest BCUT2D eigenvalue weighted by Gasteiger charge is -2.36. The van der Waals surface area contributed by atoms with Crippen molar-refractivity contribution in [3.05, 3.63) is 0 Å². The molecule has 8 nitrogen and oxygen atoms in total. The lowest BCUT2D eigenvalue weighted by Crippen LogP contribution is -2.58. The minimum absolute atomic E-state index is 0.306. The molecule has 0 spiro atoms. The lowest BCUT2D eigenvalue weighted by atomic mass is 10.0. The second-order valence-corrected chi connectivity index (χ2v) is 9.45. The largest absolute Gasteiger partial charge is 0.457 e. The number of ketones is 1. The minimum Gasteiger partial charge on any atom is -0.457 e. The van der Waals surface area contributed by atoms with Gasteiger partial charge in [0.1, 0.15) is 6.04 Å². The number of thioether (sulfide) groups is 1. The average Bonchev–Trinajstić information content (AvgIpc) is 2.58. The van der Waals surface area contributed by atoms with Crippen LogP contribution < -0.4 is 5.32 Å². The molecule has 0 radical (unpaired) electrons. The zero-order valence-corrected chi connectivity index (χ0v) is 19.5. The molecular formula is C20H34N2O6S. The molecular weight excluding hydrogens is 396 g/mol. The number of esters is 1. The normalized spacial score (nSPS) is 12.5. The smallest absolute Gasteiger partial charge is 0.375 e. The first-order valence-corrected chi connectivity index (χ1v) is 10.6. The van der Waals surface area contributed by atoms with Gasteiger partial charge in [0.2, 0.25) is 17.6 Å². The Morgan fingerprint density at radius 3 is 1.93 bits per heavy atom. The molecule has 0 aromatic heterocycles. The molecule has 9 heteroatoms. The molecule has 0 saturated heterocycles. The van der Waals surface area contributed by atoms with Crippen LogP contribution in [0.3, 0.4) is 0 Å². The third kappa shape index (κ3) is 8.97. The fourth-order valence-corrected chi connectivity index (χ4v) is 3.50. The van der Waals surface area contributed by atoms with E-state index in [-0.39, 0.29) is 17.7 Å². The van der Waals surface area contributed by atoms with Gasteiger partial charge in [-0.2, -0.15) is 0 Å². The molecule has 1 atom stereocenters. The summed E-state index contributed by atoms with van der Waals surface area (Å²) >= 11 is 0.765. The summed E-state index contributed by atoms with van der Waals surface area (Å²) in [7, 11) is 0. The Bertz CT molecular complexity index is 626. The summed E-state index contributed by atoms with van der Waals surface area (Å²) in [4.78, 5) is 62.8. The second-order valence-electron chi connectivity index (χ2n) is 7.74. The zero-order valence-electron chi connectivity index (χ0n) is 18.7. The third-order valence-electron chi connectivity index (χ3n) is 4.08. The number of hydrogen-bond donors (Lipinski definition) is 1. The number of Topliss-reactive ketones (excluding diaryl/α,β-unsaturated/α-hetero) is 1. The summed E-state index contributed by atoms with van der Waals surface area (Å²) in [5.41, 5.74) is 0. The van der Waals surface area contributed by atoms with Crippen LogP contribution in [-0.4, -0.2) is 63.6 Å². The molecule has 0 aliphatic rings. The van der Waals surface area contributed by atoms with Crippen molar-refractivity contribution in [2.75, 3.05) is 13.1 Å². The Hall–Kier alpha value is -1.90. The molecule has 166 valence electrons. The summed E-state index contributed by atoms with van der Waals surface area (Å²) < 4.78 is 3.76. The number of carbonyl (C=O) groups excluding carboxylic acids is 5. The van der Waals surface area contributed by atoms with Crippen LogP contribution >= 0.6 is 11.8 Å². The Balaban J connectivity index is 5.44. The van der Waals surface area contributed by atoms with Gasteiger partial charge in [-0.25, -0.2) is 4.79 Å². The summed E-state index contributed by atoms with van der Waals surface area (Å²) in [5, 5.41) is 2.16. The number of carbonyl (C=O) groups is 5. The van der Waals surface area contributed by atoms with Gasteiger partial charge in [0.05, 0.1) is 12.5 Å². The Morgan fingerprint density at radius 1 is 1.00 bits per heavy atom. The third-order valence-corrected chi connectivity index (χ3v) is 5.21. The maximum Gasteiger partial charge on any atom is 0.375 e. The Morgan fingerprint density at radius 2 is 1.52 bits per heavy atom. The van der Waals surface area contributed by atoms with Crippen molar-refractivity contribution in [1.29, 1.82) is 0 Å². The molecule has 29 heavy (non-hydrogen) atoms. The van der Waals surface area contributed by atoms with Crippen molar-refractivity contribution in [2.45, 2.75) is 78.7 Å². The van der Waals surface area contributed by atoms with Crippen LogP contribution in [0.1, 0.15) is 61.8 Å². The number of amides is 2. The summed E-state index contributed by atoms with van der Waals surface area (Å²) in [6, 6.07) is -0.969. The van der Waals surface area contributed by atoms with E-state index in [1.807, 2.05) is 13.8 Å². The van der Waals surface area contributed by atoms with Gasteiger partial charge >= 0.3 is 5.97 Å². The van der Waals surface area contributed by atoms with Gasteiger partial charge in [-0.1, -0.05) is 25.6 Å². The summed E-state index contributed by atoms with van der Waals surface area (Å²) in [6.07, 6.45) is -1.10. The molecule has 0 aliphatic heterocycles. The molecule has 0 bridgehead atoms. The minimum atomic E-state index is -1.06. The molecule has 2 amide bonds. The topological polar surface area (TPSA) is 110 Å². The van der Waals surface area contributed by atoms with Crippen molar-refractivity contribution in [2.24, 2.45) is 5.92 Å². The molecule has 0 heterocycles. The maximum atomic E-state index is 13.0. The first-order valence-electron chi connectivity index (χ1n) is 9.81. The fourth-order valence-electron chi connectivity index (χ4n) is 2.43. The Labute approximate surface area is 177 Å². The number of hydrogen-bond acceptors (Lipinski definition) is 7. The number of ether oxygens (including phenoxy) is 1. The van der Waals surface area contributed by atoms with E-state index in [0.29, 0.717) is 13.1 Å². The van der Waals surface area contributed by atoms with Crippen LogP contribution in [0.15, 0.2) is 0 Å². The first kappa shape index (κ1) is 27.1. The van der Waals surface area contributed by atoms with Gasteiger partial charge in [0.15, 0.2) is 5.12 Å². The number of nitrogens with one attached hydrogen (secondary N) is 1. The summed E-state index contributed by atoms with van der Waals surface area (Å²) in [5.74, 6) is -2.96. The van der Waals surface area contributed by atoms with E-state index in [1.165, 1.54) is 0 Å². The molecule has 0 rings (SSSR count). The molecule has 1 N–H and O–H groups in total. The molecule has 0 aliphatic carbocycles. The van der Waals surface area contributed by atoms with Gasteiger partial charge in [0.25, 0.3) is 0 Å². The highest BCUT2D eigenvalue weighted by molar-refractivity contribution is 8.14. The highest BCUT2D eigenvalue weighted by Crippen LogP contribution is 2.31. The molecule has 0 fully saturated rings. The number of likely N-dealkylation sites (N-methyl/N-ethyl adjacent to an activating group) is 1. The molecule has 0 saturated carbocycles. The van der Waals surface area contributed by atoms with E-state index in [4.69, 9.17) is 4.74 Å². The van der Waals surface area contributed by atoms with E-state index in [2.05, 4.69) is 5.32 Å². The molecule has 1 unspecified atom stereocenters. The van der Waals surface area contributed by atoms with Crippen LogP contribution in [0.25, 0.3) is 0 Å². The number of rotatable bonds is 11. The average molecular weight is 431 g/mol. The maximum absolute atomic E-state index is 13.0.